The summed E-state index contributed by atoms with van der Waals surface area (Å²) in [4.78, 5) is 39.0. The van der Waals surface area contributed by atoms with Crippen molar-refractivity contribution >= 4 is 39.1 Å². The summed E-state index contributed by atoms with van der Waals surface area (Å²) in [7, 11) is 1.24. The first-order valence-electron chi connectivity index (χ1n) is 9.19. The number of carbonyl (C=O) groups excluding carboxylic acids is 2. The zero-order valence-corrected chi connectivity index (χ0v) is 17.6. The third-order valence-electron chi connectivity index (χ3n) is 4.11. The van der Waals surface area contributed by atoms with Gasteiger partial charge in [0.2, 0.25) is 0 Å². The molecule has 1 heterocycles. The number of rotatable bonds is 8. The molecule has 0 fully saturated rings. The lowest BCUT2D eigenvalue weighted by atomic mass is 10.3. The van der Waals surface area contributed by atoms with Crippen molar-refractivity contribution in [3.05, 3.63) is 57.4 Å². The van der Waals surface area contributed by atoms with Crippen LogP contribution in [0.4, 0.5) is 5.69 Å². The number of fused-ring (bicyclic) bond motifs is 1. The normalized spacial score (nSPS) is 11.4. The Balaban J connectivity index is 1.86. The number of non-ortho nitro benzene ring substituents is 1. The van der Waals surface area contributed by atoms with Gasteiger partial charge in [-0.3, -0.25) is 19.7 Å². The second-order valence-electron chi connectivity index (χ2n) is 6.15. The maximum Gasteiger partial charge on any atom is 0.325 e. The predicted octanol–water partition coefficient (Wildman–Crippen LogP) is 2.69. The second kappa shape index (κ2) is 9.85. The van der Waals surface area contributed by atoms with Gasteiger partial charge in [0, 0.05) is 12.1 Å². The van der Waals surface area contributed by atoms with Crippen molar-refractivity contribution in [1.29, 1.82) is 0 Å². The van der Waals surface area contributed by atoms with Gasteiger partial charge < -0.3 is 18.8 Å². The van der Waals surface area contributed by atoms with Gasteiger partial charge in [0.15, 0.2) is 11.4 Å². The summed E-state index contributed by atoms with van der Waals surface area (Å²) < 4.78 is 17.5. The number of amides is 1. The van der Waals surface area contributed by atoms with E-state index in [0.29, 0.717) is 28.3 Å². The average Bonchev–Trinajstić information content (AvgIpc) is 3.09. The fourth-order valence-corrected chi connectivity index (χ4v) is 3.77. The number of aromatic nitrogens is 1. The standard InChI is InChI=1S/C20H19N3O7S/c1-3-29-14-5-7-15(8-6-14)30-12-18(24)21-20-22(11-19(25)28-2)16-9-4-13(23(26)27)10-17(16)31-20/h4-10H,3,11-12H2,1-2H3. The number of carbonyl (C=O) groups is 2. The van der Waals surface area contributed by atoms with Gasteiger partial charge in [0.25, 0.3) is 11.6 Å². The Hall–Kier alpha value is -3.73. The Bertz CT molecular complexity index is 1180. The van der Waals surface area contributed by atoms with Crippen LogP contribution in [0.3, 0.4) is 0 Å². The highest BCUT2D eigenvalue weighted by atomic mass is 32.1. The second-order valence-corrected chi connectivity index (χ2v) is 7.16. The smallest absolute Gasteiger partial charge is 0.325 e. The number of hydrogen-bond acceptors (Lipinski definition) is 8. The summed E-state index contributed by atoms with van der Waals surface area (Å²) >= 11 is 1.06. The van der Waals surface area contributed by atoms with E-state index in [-0.39, 0.29) is 23.6 Å². The first kappa shape index (κ1) is 22.0. The van der Waals surface area contributed by atoms with Crippen molar-refractivity contribution in [3.8, 4) is 11.5 Å². The Morgan fingerprint density at radius 3 is 2.42 bits per heavy atom. The number of benzene rings is 2. The monoisotopic (exact) mass is 445 g/mol. The first-order valence-corrected chi connectivity index (χ1v) is 10.0. The molecule has 0 saturated heterocycles. The SMILES string of the molecule is CCOc1ccc(OCC(=O)N=c2sc3cc([N+](=O)[O-])ccc3n2CC(=O)OC)cc1. The van der Waals surface area contributed by atoms with Gasteiger partial charge in [-0.1, -0.05) is 11.3 Å². The maximum atomic E-state index is 12.4. The molecule has 162 valence electrons. The highest BCUT2D eigenvalue weighted by Crippen LogP contribution is 2.23. The van der Waals surface area contributed by atoms with Crippen molar-refractivity contribution in [1.82, 2.24) is 4.57 Å². The van der Waals surface area contributed by atoms with Crippen LogP contribution in [-0.4, -0.2) is 41.7 Å². The largest absolute Gasteiger partial charge is 0.494 e. The van der Waals surface area contributed by atoms with Crippen LogP contribution in [0.25, 0.3) is 10.2 Å². The summed E-state index contributed by atoms with van der Waals surface area (Å²) in [6.07, 6.45) is 0. The number of esters is 1. The van der Waals surface area contributed by atoms with E-state index in [4.69, 9.17) is 14.2 Å². The number of methoxy groups -OCH3 is 1. The number of nitro benzene ring substituents is 1. The Labute approximate surface area is 180 Å². The number of nitro groups is 1. The first-order chi connectivity index (χ1) is 14.9. The summed E-state index contributed by atoms with van der Waals surface area (Å²) in [5, 5.41) is 11.0. The third kappa shape index (κ3) is 5.45. The molecule has 0 aliphatic heterocycles. The van der Waals surface area contributed by atoms with E-state index in [0.717, 1.165) is 11.3 Å². The molecule has 0 aliphatic rings. The Morgan fingerprint density at radius 1 is 1.13 bits per heavy atom. The average molecular weight is 445 g/mol. The number of thiazole rings is 1. The molecule has 0 unspecified atom stereocenters. The molecule has 31 heavy (non-hydrogen) atoms. The van der Waals surface area contributed by atoms with E-state index >= 15 is 0 Å². The molecule has 2 aromatic carbocycles. The van der Waals surface area contributed by atoms with Crippen molar-refractivity contribution in [3.63, 3.8) is 0 Å². The van der Waals surface area contributed by atoms with E-state index in [1.165, 1.54) is 29.9 Å². The predicted molar refractivity (Wildman–Crippen MR) is 112 cm³/mol. The molecule has 0 bridgehead atoms. The third-order valence-corrected chi connectivity index (χ3v) is 5.15. The molecule has 11 heteroatoms. The lowest BCUT2D eigenvalue weighted by Gasteiger charge is -2.06. The molecule has 1 aromatic heterocycles. The minimum Gasteiger partial charge on any atom is -0.494 e. The quantitative estimate of drug-likeness (QED) is 0.297. The highest BCUT2D eigenvalue weighted by Gasteiger charge is 2.15. The molecule has 3 rings (SSSR count). The summed E-state index contributed by atoms with van der Waals surface area (Å²) in [6, 6.07) is 11.0. The molecule has 0 aliphatic carbocycles. The molecule has 0 spiro atoms. The Kier molecular flexibility index (Phi) is 6.98. The van der Waals surface area contributed by atoms with E-state index in [1.54, 1.807) is 24.3 Å². The van der Waals surface area contributed by atoms with Gasteiger partial charge in [0.05, 0.1) is 28.9 Å². The van der Waals surface area contributed by atoms with Crippen LogP contribution in [0.1, 0.15) is 6.92 Å². The molecular weight excluding hydrogens is 426 g/mol. The molecule has 1 amide bonds. The van der Waals surface area contributed by atoms with Gasteiger partial charge in [-0.25, -0.2) is 0 Å². The van der Waals surface area contributed by atoms with Crippen molar-refractivity contribution in [2.75, 3.05) is 20.3 Å². The van der Waals surface area contributed by atoms with Crippen LogP contribution in [0.15, 0.2) is 47.5 Å². The van der Waals surface area contributed by atoms with Crippen molar-refractivity contribution < 1.29 is 28.7 Å². The number of hydrogen-bond donors (Lipinski definition) is 0. The topological polar surface area (TPSA) is 122 Å². The summed E-state index contributed by atoms with van der Waals surface area (Å²) in [5.41, 5.74) is 0.427. The minimum absolute atomic E-state index is 0.101. The van der Waals surface area contributed by atoms with Gasteiger partial charge in [0.1, 0.15) is 18.0 Å². The highest BCUT2D eigenvalue weighted by molar-refractivity contribution is 7.16. The Morgan fingerprint density at radius 2 is 1.81 bits per heavy atom. The van der Waals surface area contributed by atoms with Crippen molar-refractivity contribution in [2.45, 2.75) is 13.5 Å². The zero-order valence-electron chi connectivity index (χ0n) is 16.8. The summed E-state index contributed by atoms with van der Waals surface area (Å²) in [5.74, 6) is 0.0432. The number of nitrogens with zero attached hydrogens (tertiary/aromatic N) is 3. The van der Waals surface area contributed by atoms with E-state index in [9.17, 15) is 19.7 Å². The van der Waals surface area contributed by atoms with Crippen LogP contribution >= 0.6 is 11.3 Å². The molecule has 3 aromatic rings. The van der Waals surface area contributed by atoms with Crippen LogP contribution in [0.2, 0.25) is 0 Å². The summed E-state index contributed by atoms with van der Waals surface area (Å²) in [6.45, 7) is 1.91. The van der Waals surface area contributed by atoms with E-state index in [2.05, 4.69) is 4.99 Å². The van der Waals surface area contributed by atoms with Gasteiger partial charge in [-0.15, -0.1) is 0 Å². The maximum absolute atomic E-state index is 12.4. The van der Waals surface area contributed by atoms with Gasteiger partial charge in [-0.05, 0) is 37.3 Å². The fourth-order valence-electron chi connectivity index (χ4n) is 2.69. The van der Waals surface area contributed by atoms with E-state index in [1.807, 2.05) is 6.92 Å². The molecule has 10 nitrogen and oxygen atoms in total. The van der Waals surface area contributed by atoms with Gasteiger partial charge >= 0.3 is 5.97 Å². The van der Waals surface area contributed by atoms with Crippen molar-refractivity contribution in [2.24, 2.45) is 4.99 Å². The van der Waals surface area contributed by atoms with Crippen LogP contribution < -0.4 is 14.3 Å². The number of ether oxygens (including phenoxy) is 3. The molecule has 0 atom stereocenters. The van der Waals surface area contributed by atoms with Crippen LogP contribution in [-0.2, 0) is 20.9 Å². The fraction of sp³-hybridized carbons (Fsp3) is 0.250. The lowest BCUT2D eigenvalue weighted by Crippen LogP contribution is -2.23. The molecule has 0 saturated carbocycles. The van der Waals surface area contributed by atoms with Crippen LogP contribution in [0, 0.1) is 10.1 Å². The van der Waals surface area contributed by atoms with E-state index < -0.39 is 16.8 Å². The van der Waals surface area contributed by atoms with Gasteiger partial charge in [-0.2, -0.15) is 4.99 Å². The zero-order chi connectivity index (χ0) is 22.4. The molecular formula is C20H19N3O7S. The minimum atomic E-state index is -0.575. The molecule has 0 radical (unpaired) electrons. The lowest BCUT2D eigenvalue weighted by molar-refractivity contribution is -0.384. The van der Waals surface area contributed by atoms with Crippen LogP contribution in [0.5, 0.6) is 11.5 Å². The molecule has 0 N–H and O–H groups in total.